The summed E-state index contributed by atoms with van der Waals surface area (Å²) in [6.45, 7) is 0. The predicted octanol–water partition coefficient (Wildman–Crippen LogP) is 2.55. The number of nitrogens with one attached hydrogen (secondary N) is 2. The van der Waals surface area contributed by atoms with Crippen LogP contribution in [0, 0.1) is 10.1 Å². The molecule has 2 N–H and O–H groups in total. The first-order valence-electron chi connectivity index (χ1n) is 8.19. The molecule has 0 aromatic heterocycles. The number of para-hydroxylation sites is 1. The minimum absolute atomic E-state index is 0.000984. The van der Waals surface area contributed by atoms with Gasteiger partial charge in [-0.2, -0.15) is 5.10 Å². The number of amides is 2. The average molecular weight is 397 g/mol. The number of nitrogens with zero attached hydrogens (tertiary/aromatic N) is 3. The normalized spacial score (nSPS) is 17.6. The number of non-ortho nitro benzene ring substituents is 1. The standard InChI is InChI=1S/C18H15N5O4S/c24-16(20-13-6-2-1-3-7-13)10-15-17(25)21-18(28-15)22-19-11-12-5-4-8-14(9-12)23(26)27/h1-9,11,15H,10H2,(H,20,24)(H,21,22,25)/b19-11-/t15-/m1/s1. The van der Waals surface area contributed by atoms with Crippen LogP contribution in [0.25, 0.3) is 0 Å². The van der Waals surface area contributed by atoms with E-state index in [0.717, 1.165) is 11.8 Å². The van der Waals surface area contributed by atoms with Crippen LogP contribution in [0.3, 0.4) is 0 Å². The molecule has 0 saturated carbocycles. The summed E-state index contributed by atoms with van der Waals surface area (Å²) >= 11 is 1.11. The molecule has 2 aromatic rings. The van der Waals surface area contributed by atoms with E-state index in [2.05, 4.69) is 20.8 Å². The first-order chi connectivity index (χ1) is 13.5. The van der Waals surface area contributed by atoms with Crippen LogP contribution in [0.5, 0.6) is 0 Å². The predicted molar refractivity (Wildman–Crippen MR) is 107 cm³/mol. The van der Waals surface area contributed by atoms with Crippen molar-refractivity contribution < 1.29 is 14.5 Å². The molecule has 0 spiro atoms. The van der Waals surface area contributed by atoms with Crippen LogP contribution < -0.4 is 10.6 Å². The maximum absolute atomic E-state index is 12.1. The van der Waals surface area contributed by atoms with Gasteiger partial charge in [0.05, 0.1) is 11.1 Å². The zero-order chi connectivity index (χ0) is 19.9. The molecule has 0 radical (unpaired) electrons. The van der Waals surface area contributed by atoms with Gasteiger partial charge in [-0.15, -0.1) is 5.10 Å². The van der Waals surface area contributed by atoms with Gasteiger partial charge in [-0.1, -0.05) is 42.1 Å². The zero-order valence-electron chi connectivity index (χ0n) is 14.4. The van der Waals surface area contributed by atoms with Gasteiger partial charge in [0, 0.05) is 29.8 Å². The van der Waals surface area contributed by atoms with Crippen molar-refractivity contribution in [2.24, 2.45) is 10.2 Å². The number of amidine groups is 1. The zero-order valence-corrected chi connectivity index (χ0v) is 15.3. The Labute approximate surface area is 164 Å². The Morgan fingerprint density at radius 2 is 2.04 bits per heavy atom. The lowest BCUT2D eigenvalue weighted by molar-refractivity contribution is -0.384. The fourth-order valence-electron chi connectivity index (χ4n) is 2.36. The minimum atomic E-state index is -0.601. The molecule has 0 aliphatic carbocycles. The summed E-state index contributed by atoms with van der Waals surface area (Å²) in [7, 11) is 0. The Hall–Kier alpha value is -3.53. The topological polar surface area (TPSA) is 126 Å². The molecular formula is C18H15N5O4S. The van der Waals surface area contributed by atoms with Crippen molar-refractivity contribution in [1.29, 1.82) is 0 Å². The van der Waals surface area contributed by atoms with E-state index in [9.17, 15) is 19.7 Å². The molecule has 3 rings (SSSR count). The Balaban J connectivity index is 1.57. The van der Waals surface area contributed by atoms with Crippen molar-refractivity contribution in [3.8, 4) is 0 Å². The Morgan fingerprint density at radius 1 is 1.25 bits per heavy atom. The number of rotatable bonds is 6. The first-order valence-corrected chi connectivity index (χ1v) is 9.07. The molecule has 1 fully saturated rings. The third kappa shape index (κ3) is 5.24. The monoisotopic (exact) mass is 397 g/mol. The lowest BCUT2D eigenvalue weighted by atomic mass is 10.2. The van der Waals surface area contributed by atoms with Crippen LogP contribution in [-0.2, 0) is 9.59 Å². The maximum Gasteiger partial charge on any atom is 0.270 e. The Bertz CT molecular complexity index is 961. The second-order valence-corrected chi connectivity index (χ2v) is 6.91. The fourth-order valence-corrected chi connectivity index (χ4v) is 3.28. The summed E-state index contributed by atoms with van der Waals surface area (Å²) in [6.07, 6.45) is 1.35. The van der Waals surface area contributed by atoms with Crippen LogP contribution in [0.1, 0.15) is 12.0 Å². The molecule has 1 aliphatic heterocycles. The third-order valence-electron chi connectivity index (χ3n) is 3.64. The molecule has 9 nitrogen and oxygen atoms in total. The van der Waals surface area contributed by atoms with Crippen molar-refractivity contribution in [2.75, 3.05) is 5.32 Å². The van der Waals surface area contributed by atoms with Gasteiger partial charge in [-0.25, -0.2) is 0 Å². The lowest BCUT2D eigenvalue weighted by Crippen LogP contribution is -2.28. The summed E-state index contributed by atoms with van der Waals surface area (Å²) < 4.78 is 0. The Morgan fingerprint density at radius 3 is 2.79 bits per heavy atom. The van der Waals surface area contributed by atoms with Gasteiger partial charge in [-0.3, -0.25) is 19.7 Å². The number of hydrogen-bond donors (Lipinski definition) is 2. The van der Waals surface area contributed by atoms with E-state index in [-0.39, 0.29) is 29.1 Å². The van der Waals surface area contributed by atoms with Crippen molar-refractivity contribution in [2.45, 2.75) is 11.7 Å². The van der Waals surface area contributed by atoms with Gasteiger partial charge in [0.1, 0.15) is 5.25 Å². The second kappa shape index (κ2) is 8.91. The number of benzene rings is 2. The van der Waals surface area contributed by atoms with E-state index in [1.807, 2.05) is 6.07 Å². The highest BCUT2D eigenvalue weighted by atomic mass is 32.2. The molecule has 10 heteroatoms. The van der Waals surface area contributed by atoms with E-state index >= 15 is 0 Å². The van der Waals surface area contributed by atoms with E-state index in [0.29, 0.717) is 11.3 Å². The quantitative estimate of drug-likeness (QED) is 0.440. The average Bonchev–Trinajstić information content (AvgIpc) is 3.02. The highest BCUT2D eigenvalue weighted by Gasteiger charge is 2.32. The molecule has 2 aromatic carbocycles. The number of carbonyl (C=O) groups is 2. The number of thioether (sulfide) groups is 1. The lowest BCUT2D eigenvalue weighted by Gasteiger charge is -2.06. The largest absolute Gasteiger partial charge is 0.326 e. The fraction of sp³-hybridized carbons (Fsp3) is 0.111. The molecule has 1 atom stereocenters. The smallest absolute Gasteiger partial charge is 0.270 e. The van der Waals surface area contributed by atoms with Crippen molar-refractivity contribution in [1.82, 2.24) is 5.32 Å². The number of hydrogen-bond acceptors (Lipinski definition) is 7. The summed E-state index contributed by atoms with van der Waals surface area (Å²) in [4.78, 5) is 34.3. The summed E-state index contributed by atoms with van der Waals surface area (Å²) in [5, 5.41) is 23.5. The number of nitro benzene ring substituents is 1. The molecule has 1 saturated heterocycles. The molecule has 28 heavy (non-hydrogen) atoms. The molecule has 2 amide bonds. The van der Waals surface area contributed by atoms with Gasteiger partial charge >= 0.3 is 0 Å². The van der Waals surface area contributed by atoms with Crippen LogP contribution >= 0.6 is 11.8 Å². The van der Waals surface area contributed by atoms with Crippen LogP contribution in [0.15, 0.2) is 64.8 Å². The van der Waals surface area contributed by atoms with Crippen molar-refractivity contribution in [3.05, 3.63) is 70.3 Å². The van der Waals surface area contributed by atoms with E-state index < -0.39 is 10.2 Å². The molecule has 0 unspecified atom stereocenters. The molecule has 1 aliphatic rings. The molecule has 142 valence electrons. The highest BCUT2D eigenvalue weighted by Crippen LogP contribution is 2.23. The third-order valence-corrected chi connectivity index (χ3v) is 4.71. The summed E-state index contributed by atoms with van der Waals surface area (Å²) in [5.41, 5.74) is 1.11. The minimum Gasteiger partial charge on any atom is -0.326 e. The SMILES string of the molecule is O=C(C[C@H]1S/C(=N\N=C/c2cccc([N+](=O)[O-])c2)NC1=O)Nc1ccccc1. The van der Waals surface area contributed by atoms with E-state index in [1.165, 1.54) is 18.3 Å². The van der Waals surface area contributed by atoms with Crippen LogP contribution in [0.2, 0.25) is 0 Å². The summed E-state index contributed by atoms with van der Waals surface area (Å²) in [5.74, 6) is -0.599. The van der Waals surface area contributed by atoms with E-state index in [4.69, 9.17) is 0 Å². The van der Waals surface area contributed by atoms with Crippen molar-refractivity contribution >= 4 is 46.3 Å². The highest BCUT2D eigenvalue weighted by molar-refractivity contribution is 8.15. The van der Waals surface area contributed by atoms with Gasteiger partial charge in [-0.05, 0) is 12.1 Å². The number of nitro groups is 1. The van der Waals surface area contributed by atoms with Gasteiger partial charge in [0.25, 0.3) is 5.69 Å². The number of carbonyl (C=O) groups excluding carboxylic acids is 2. The molecule has 0 bridgehead atoms. The first kappa shape index (κ1) is 19.2. The Kier molecular flexibility index (Phi) is 6.12. The summed E-state index contributed by atoms with van der Waals surface area (Å²) in [6, 6.07) is 14.9. The van der Waals surface area contributed by atoms with Crippen LogP contribution in [0.4, 0.5) is 11.4 Å². The second-order valence-electron chi connectivity index (χ2n) is 5.72. The van der Waals surface area contributed by atoms with Crippen LogP contribution in [-0.4, -0.2) is 33.4 Å². The number of anilines is 1. The van der Waals surface area contributed by atoms with E-state index in [1.54, 1.807) is 36.4 Å². The van der Waals surface area contributed by atoms with Gasteiger partial charge in [0.15, 0.2) is 5.17 Å². The van der Waals surface area contributed by atoms with Gasteiger partial charge < -0.3 is 10.6 Å². The molecular weight excluding hydrogens is 382 g/mol. The molecule has 1 heterocycles. The maximum atomic E-state index is 12.1. The van der Waals surface area contributed by atoms with Gasteiger partial charge in [0.2, 0.25) is 11.8 Å². The van der Waals surface area contributed by atoms with Crippen molar-refractivity contribution in [3.63, 3.8) is 0 Å².